The molecule has 112 valence electrons. The van der Waals surface area contributed by atoms with Gasteiger partial charge in [-0.2, -0.15) is 0 Å². The molecule has 0 aliphatic carbocycles. The van der Waals surface area contributed by atoms with Crippen molar-refractivity contribution >= 4 is 9.84 Å². The van der Waals surface area contributed by atoms with Crippen molar-refractivity contribution in [3.05, 3.63) is 47.7 Å². The Labute approximate surface area is 124 Å². The minimum atomic E-state index is -3.26. The molecule has 0 unspecified atom stereocenters. The number of rotatable bonds is 5. The maximum Gasteiger partial charge on any atom is 0.219 e. The number of ether oxygens (including phenoxy) is 1. The molecule has 1 aromatic heterocycles. The van der Waals surface area contributed by atoms with Crippen LogP contribution in [0.1, 0.15) is 18.2 Å². The summed E-state index contributed by atoms with van der Waals surface area (Å²) in [5.41, 5.74) is 7.46. The number of hydrogen-bond donors (Lipinski definition) is 1. The van der Waals surface area contributed by atoms with Crippen molar-refractivity contribution in [1.82, 2.24) is 4.98 Å². The average Bonchev–Trinajstić information content (AvgIpc) is 2.46. The Kier molecular flexibility index (Phi) is 4.59. The summed E-state index contributed by atoms with van der Waals surface area (Å²) in [6, 6.07) is 10.0. The Morgan fingerprint density at radius 3 is 2.62 bits per heavy atom. The molecule has 2 N–H and O–H groups in total. The van der Waals surface area contributed by atoms with Crippen LogP contribution in [0.25, 0.3) is 0 Å². The van der Waals surface area contributed by atoms with Crippen LogP contribution >= 0.6 is 0 Å². The maximum absolute atomic E-state index is 11.6. The Balaban J connectivity index is 2.34. The molecular weight excluding hydrogens is 288 g/mol. The molecule has 0 spiro atoms. The van der Waals surface area contributed by atoms with Crippen LogP contribution in [0.3, 0.4) is 0 Å². The summed E-state index contributed by atoms with van der Waals surface area (Å²) in [4.78, 5) is 4.57. The molecule has 21 heavy (non-hydrogen) atoms. The van der Waals surface area contributed by atoms with E-state index in [0.717, 1.165) is 23.9 Å². The topological polar surface area (TPSA) is 82.3 Å². The van der Waals surface area contributed by atoms with Gasteiger partial charge in [-0.15, -0.1) is 0 Å². The van der Waals surface area contributed by atoms with Crippen molar-refractivity contribution in [2.24, 2.45) is 5.73 Å². The number of nitrogens with zero attached hydrogens (tertiary/aromatic N) is 1. The summed E-state index contributed by atoms with van der Waals surface area (Å²) in [6.07, 6.45) is 1.93. The van der Waals surface area contributed by atoms with Gasteiger partial charge in [0.1, 0.15) is 5.75 Å². The van der Waals surface area contributed by atoms with Gasteiger partial charge in [0, 0.05) is 24.6 Å². The van der Waals surface area contributed by atoms with E-state index < -0.39 is 9.84 Å². The zero-order valence-electron chi connectivity index (χ0n) is 12.0. The zero-order valence-corrected chi connectivity index (χ0v) is 12.9. The van der Waals surface area contributed by atoms with Crippen LogP contribution in [0, 0.1) is 0 Å². The highest BCUT2D eigenvalue weighted by atomic mass is 32.2. The van der Waals surface area contributed by atoms with Crippen molar-refractivity contribution in [2.75, 3.05) is 6.26 Å². The molecule has 2 aromatic rings. The van der Waals surface area contributed by atoms with Crippen LogP contribution in [0.2, 0.25) is 0 Å². The van der Waals surface area contributed by atoms with E-state index in [4.69, 9.17) is 10.5 Å². The lowest BCUT2D eigenvalue weighted by molar-refractivity contribution is 0.458. The van der Waals surface area contributed by atoms with Crippen molar-refractivity contribution in [3.63, 3.8) is 0 Å². The van der Waals surface area contributed by atoms with Crippen LogP contribution in [0.4, 0.5) is 0 Å². The number of sulfone groups is 1. The molecule has 0 fully saturated rings. The molecule has 0 saturated carbocycles. The Hall–Kier alpha value is -1.92. The summed E-state index contributed by atoms with van der Waals surface area (Å²) in [5, 5.41) is 0. The molecule has 0 saturated heterocycles. The molecule has 5 nitrogen and oxygen atoms in total. The highest BCUT2D eigenvalue weighted by Crippen LogP contribution is 2.24. The first kappa shape index (κ1) is 15.5. The second kappa shape index (κ2) is 6.24. The molecule has 0 aliphatic heterocycles. The van der Waals surface area contributed by atoms with E-state index in [1.807, 2.05) is 13.0 Å². The minimum Gasteiger partial charge on any atom is -0.439 e. The third-order valence-electron chi connectivity index (χ3n) is 2.97. The fourth-order valence-corrected chi connectivity index (χ4v) is 2.52. The fraction of sp³-hybridized carbons (Fsp3) is 0.267. The summed E-state index contributed by atoms with van der Waals surface area (Å²) in [6.45, 7) is 2.39. The second-order valence-electron chi connectivity index (χ2n) is 4.71. The van der Waals surface area contributed by atoms with E-state index in [1.54, 1.807) is 18.2 Å². The average molecular weight is 306 g/mol. The molecule has 0 aliphatic rings. The first-order valence-electron chi connectivity index (χ1n) is 6.60. The van der Waals surface area contributed by atoms with Gasteiger partial charge < -0.3 is 10.5 Å². The van der Waals surface area contributed by atoms with Crippen LogP contribution in [-0.2, 0) is 22.8 Å². The van der Waals surface area contributed by atoms with Gasteiger partial charge in [-0.1, -0.05) is 13.0 Å². The highest BCUT2D eigenvalue weighted by molar-refractivity contribution is 7.90. The predicted octanol–water partition coefficient (Wildman–Crippen LogP) is 2.30. The number of pyridine rings is 1. The Morgan fingerprint density at radius 1 is 1.24 bits per heavy atom. The number of aromatic nitrogens is 1. The van der Waals surface area contributed by atoms with Gasteiger partial charge in [-0.25, -0.2) is 13.4 Å². The van der Waals surface area contributed by atoms with Crippen molar-refractivity contribution < 1.29 is 13.2 Å². The van der Waals surface area contributed by atoms with E-state index in [0.29, 0.717) is 18.2 Å². The van der Waals surface area contributed by atoms with Gasteiger partial charge in [0.25, 0.3) is 0 Å². The zero-order chi connectivity index (χ0) is 15.5. The quantitative estimate of drug-likeness (QED) is 0.916. The van der Waals surface area contributed by atoms with Crippen LogP contribution in [-0.4, -0.2) is 19.7 Å². The molecule has 6 heteroatoms. The third-order valence-corrected chi connectivity index (χ3v) is 4.08. The largest absolute Gasteiger partial charge is 0.439 e. The van der Waals surface area contributed by atoms with Gasteiger partial charge in [0.15, 0.2) is 9.84 Å². The summed E-state index contributed by atoms with van der Waals surface area (Å²) in [7, 11) is -3.26. The van der Waals surface area contributed by atoms with Crippen LogP contribution in [0.15, 0.2) is 41.3 Å². The maximum atomic E-state index is 11.6. The summed E-state index contributed by atoms with van der Waals surface area (Å²) < 4.78 is 28.8. The fourth-order valence-electron chi connectivity index (χ4n) is 1.86. The van der Waals surface area contributed by atoms with Gasteiger partial charge in [0.2, 0.25) is 5.88 Å². The van der Waals surface area contributed by atoms with Gasteiger partial charge >= 0.3 is 0 Å². The van der Waals surface area contributed by atoms with E-state index >= 15 is 0 Å². The number of aryl methyl sites for hydroxylation is 1. The standard InChI is InChI=1S/C15H18N2O3S/c1-3-12-7-11(10-16)8-15(17-12)20-13-5-4-6-14(9-13)21(2,18)19/h4-9H,3,10,16H2,1-2H3. The Bertz CT molecular complexity index is 720. The summed E-state index contributed by atoms with van der Waals surface area (Å²) in [5.74, 6) is 0.849. The molecule has 1 aromatic carbocycles. The lowest BCUT2D eigenvalue weighted by atomic mass is 10.2. The van der Waals surface area contributed by atoms with E-state index in [2.05, 4.69) is 4.98 Å². The first-order valence-corrected chi connectivity index (χ1v) is 8.49. The van der Waals surface area contributed by atoms with Crippen LogP contribution in [0.5, 0.6) is 11.6 Å². The highest BCUT2D eigenvalue weighted by Gasteiger charge is 2.09. The molecule has 0 atom stereocenters. The smallest absolute Gasteiger partial charge is 0.219 e. The van der Waals surface area contributed by atoms with Gasteiger partial charge in [-0.05, 0) is 36.2 Å². The van der Waals surface area contributed by atoms with E-state index in [9.17, 15) is 8.42 Å². The van der Waals surface area contributed by atoms with Crippen molar-refractivity contribution in [1.29, 1.82) is 0 Å². The Morgan fingerprint density at radius 2 is 2.00 bits per heavy atom. The second-order valence-corrected chi connectivity index (χ2v) is 6.73. The van der Waals surface area contributed by atoms with Crippen LogP contribution < -0.4 is 10.5 Å². The number of hydrogen-bond acceptors (Lipinski definition) is 5. The molecule has 0 bridgehead atoms. The molecule has 0 amide bonds. The minimum absolute atomic E-state index is 0.214. The van der Waals surface area contributed by atoms with Crippen molar-refractivity contribution in [3.8, 4) is 11.6 Å². The lowest BCUT2D eigenvalue weighted by Crippen LogP contribution is -2.01. The predicted molar refractivity (Wildman–Crippen MR) is 81.1 cm³/mol. The summed E-state index contributed by atoms with van der Waals surface area (Å²) >= 11 is 0. The van der Waals surface area contributed by atoms with Gasteiger partial charge in [-0.3, -0.25) is 0 Å². The van der Waals surface area contributed by atoms with E-state index in [-0.39, 0.29) is 4.90 Å². The molecular formula is C15H18N2O3S. The van der Waals surface area contributed by atoms with Crippen molar-refractivity contribution in [2.45, 2.75) is 24.8 Å². The third kappa shape index (κ3) is 4.03. The molecule has 1 heterocycles. The van der Waals surface area contributed by atoms with E-state index in [1.165, 1.54) is 12.1 Å². The number of benzene rings is 1. The normalized spacial score (nSPS) is 11.4. The van der Waals surface area contributed by atoms with Gasteiger partial charge in [0.05, 0.1) is 4.90 Å². The lowest BCUT2D eigenvalue weighted by Gasteiger charge is -2.09. The SMILES string of the molecule is CCc1cc(CN)cc(Oc2cccc(S(C)(=O)=O)c2)n1. The molecule has 0 radical (unpaired) electrons. The monoisotopic (exact) mass is 306 g/mol. The molecule has 2 rings (SSSR count). The first-order chi connectivity index (χ1) is 9.92. The number of nitrogens with two attached hydrogens (primary N) is 1.